The quantitative estimate of drug-likeness (QED) is 0.783. The predicted octanol–water partition coefficient (Wildman–Crippen LogP) is 2.75. The Kier molecular flexibility index (Phi) is 5.56. The van der Waals surface area contributed by atoms with Crippen molar-refractivity contribution in [2.45, 2.75) is 38.3 Å². The van der Waals surface area contributed by atoms with Crippen LogP contribution in [0.5, 0.6) is 5.75 Å². The summed E-state index contributed by atoms with van der Waals surface area (Å²) in [6.07, 6.45) is 3.48. The Balaban J connectivity index is 2.10. The smallest absolute Gasteiger partial charge is 0.307 e. The van der Waals surface area contributed by atoms with E-state index in [4.69, 9.17) is 9.47 Å². The summed E-state index contributed by atoms with van der Waals surface area (Å²) in [5.41, 5.74) is 0.603. The number of carbonyl (C=O) groups is 1. The van der Waals surface area contributed by atoms with Crippen LogP contribution in [0.15, 0.2) is 18.2 Å². The zero-order chi connectivity index (χ0) is 15.2. The first-order chi connectivity index (χ1) is 10.2. The minimum atomic E-state index is -0.317. The van der Waals surface area contributed by atoms with Gasteiger partial charge >= 0.3 is 5.97 Å². The van der Waals surface area contributed by atoms with Gasteiger partial charge in [-0.05, 0) is 25.5 Å². The van der Waals surface area contributed by atoms with Crippen molar-refractivity contribution in [2.75, 3.05) is 20.8 Å². The van der Waals surface area contributed by atoms with Crippen LogP contribution < -0.4 is 4.74 Å². The number of nitrogens with zero attached hydrogens (tertiary/aromatic N) is 1. The van der Waals surface area contributed by atoms with E-state index in [1.54, 1.807) is 18.2 Å². The van der Waals surface area contributed by atoms with E-state index in [9.17, 15) is 9.18 Å². The molecular weight excluding hydrogens is 273 g/mol. The lowest BCUT2D eigenvalue weighted by Crippen LogP contribution is -2.40. The van der Waals surface area contributed by atoms with Crippen LogP contribution in [0.4, 0.5) is 4.39 Å². The third-order valence-corrected chi connectivity index (χ3v) is 4.02. The standard InChI is InChI=1S/C16H22FNO3/c1-20-14-8-5-6-12(16(14)17)11-18-9-4-3-7-13(18)10-15(19)21-2/h5-6,8,13H,3-4,7,9-11H2,1-2H3. The summed E-state index contributed by atoms with van der Waals surface area (Å²) in [5, 5.41) is 0. The predicted molar refractivity (Wildman–Crippen MR) is 77.6 cm³/mol. The van der Waals surface area contributed by atoms with Gasteiger partial charge in [-0.2, -0.15) is 0 Å². The van der Waals surface area contributed by atoms with Crippen LogP contribution in [0.25, 0.3) is 0 Å². The van der Waals surface area contributed by atoms with Crippen LogP contribution in [-0.2, 0) is 16.1 Å². The van der Waals surface area contributed by atoms with E-state index in [0.717, 1.165) is 25.8 Å². The van der Waals surface area contributed by atoms with Crippen molar-refractivity contribution in [3.05, 3.63) is 29.6 Å². The minimum Gasteiger partial charge on any atom is -0.494 e. The second kappa shape index (κ2) is 7.41. The molecule has 0 aliphatic carbocycles. The highest BCUT2D eigenvalue weighted by Crippen LogP contribution is 2.26. The zero-order valence-electron chi connectivity index (χ0n) is 12.6. The molecule has 5 heteroatoms. The molecule has 0 saturated carbocycles. The summed E-state index contributed by atoms with van der Waals surface area (Å²) in [7, 11) is 2.86. The molecule has 0 bridgehead atoms. The number of ether oxygens (including phenoxy) is 2. The molecule has 1 aromatic rings. The van der Waals surface area contributed by atoms with Gasteiger partial charge in [0.15, 0.2) is 11.6 Å². The molecule has 1 saturated heterocycles. The summed E-state index contributed by atoms with van der Waals surface area (Å²) >= 11 is 0. The van der Waals surface area contributed by atoms with Gasteiger partial charge in [0.25, 0.3) is 0 Å². The number of methoxy groups -OCH3 is 2. The minimum absolute atomic E-state index is 0.122. The molecular formula is C16H22FNO3. The fraction of sp³-hybridized carbons (Fsp3) is 0.562. The monoisotopic (exact) mass is 295 g/mol. The summed E-state index contributed by atoms with van der Waals surface area (Å²) in [4.78, 5) is 13.7. The lowest BCUT2D eigenvalue weighted by Gasteiger charge is -2.35. The molecule has 1 unspecified atom stereocenters. The maximum atomic E-state index is 14.2. The van der Waals surface area contributed by atoms with Crippen molar-refractivity contribution in [3.8, 4) is 5.75 Å². The van der Waals surface area contributed by atoms with Crippen LogP contribution >= 0.6 is 0 Å². The van der Waals surface area contributed by atoms with Gasteiger partial charge in [0.1, 0.15) is 0 Å². The molecule has 0 amide bonds. The first kappa shape index (κ1) is 15.8. The molecule has 1 aliphatic heterocycles. The highest BCUT2D eigenvalue weighted by Gasteiger charge is 2.26. The van der Waals surface area contributed by atoms with Crippen molar-refractivity contribution in [2.24, 2.45) is 0 Å². The Morgan fingerprint density at radius 3 is 2.90 bits per heavy atom. The number of carbonyl (C=O) groups excluding carboxylic acids is 1. The average Bonchev–Trinajstić information content (AvgIpc) is 2.51. The Hall–Kier alpha value is -1.62. The van der Waals surface area contributed by atoms with E-state index in [0.29, 0.717) is 18.5 Å². The Labute approximate surface area is 124 Å². The molecule has 1 aliphatic rings. The van der Waals surface area contributed by atoms with Gasteiger partial charge < -0.3 is 9.47 Å². The molecule has 4 nitrogen and oxygen atoms in total. The van der Waals surface area contributed by atoms with Crippen LogP contribution in [0.1, 0.15) is 31.2 Å². The number of rotatable bonds is 5. The molecule has 0 N–H and O–H groups in total. The topological polar surface area (TPSA) is 38.8 Å². The first-order valence-corrected chi connectivity index (χ1v) is 7.28. The summed E-state index contributed by atoms with van der Waals surface area (Å²) in [6, 6.07) is 5.29. The highest BCUT2D eigenvalue weighted by molar-refractivity contribution is 5.69. The van der Waals surface area contributed by atoms with Crippen LogP contribution in [-0.4, -0.2) is 37.7 Å². The van der Waals surface area contributed by atoms with Gasteiger partial charge in [-0.3, -0.25) is 9.69 Å². The maximum absolute atomic E-state index is 14.2. The van der Waals surface area contributed by atoms with Gasteiger partial charge in [-0.1, -0.05) is 18.6 Å². The lowest BCUT2D eigenvalue weighted by molar-refractivity contribution is -0.142. The van der Waals surface area contributed by atoms with E-state index in [2.05, 4.69) is 4.90 Å². The molecule has 0 spiro atoms. The Morgan fingerprint density at radius 2 is 2.19 bits per heavy atom. The molecule has 0 aromatic heterocycles. The van der Waals surface area contributed by atoms with Crippen molar-refractivity contribution in [1.82, 2.24) is 4.90 Å². The summed E-state index contributed by atoms with van der Waals surface area (Å²) in [5.74, 6) is -0.269. The number of piperidine rings is 1. The van der Waals surface area contributed by atoms with Gasteiger partial charge in [-0.25, -0.2) is 4.39 Å². The Morgan fingerprint density at radius 1 is 1.38 bits per heavy atom. The number of benzene rings is 1. The molecule has 1 heterocycles. The van der Waals surface area contributed by atoms with E-state index in [-0.39, 0.29) is 23.6 Å². The van der Waals surface area contributed by atoms with Gasteiger partial charge in [0.2, 0.25) is 0 Å². The third-order valence-electron chi connectivity index (χ3n) is 4.02. The Bertz CT molecular complexity index is 492. The van der Waals surface area contributed by atoms with Crippen LogP contribution in [0.3, 0.4) is 0 Å². The van der Waals surface area contributed by atoms with Gasteiger partial charge in [0, 0.05) is 18.2 Å². The zero-order valence-corrected chi connectivity index (χ0v) is 12.6. The van der Waals surface area contributed by atoms with Crippen LogP contribution in [0.2, 0.25) is 0 Å². The van der Waals surface area contributed by atoms with Crippen molar-refractivity contribution < 1.29 is 18.7 Å². The summed E-state index contributed by atoms with van der Waals surface area (Å²) in [6.45, 7) is 1.36. The SMILES string of the molecule is COC(=O)CC1CCCCN1Cc1cccc(OC)c1F. The number of esters is 1. The number of hydrogen-bond donors (Lipinski definition) is 0. The third kappa shape index (κ3) is 3.94. The van der Waals surface area contributed by atoms with Crippen molar-refractivity contribution in [1.29, 1.82) is 0 Å². The first-order valence-electron chi connectivity index (χ1n) is 7.28. The van der Waals surface area contributed by atoms with E-state index >= 15 is 0 Å². The van der Waals surface area contributed by atoms with Gasteiger partial charge in [-0.15, -0.1) is 0 Å². The second-order valence-corrected chi connectivity index (χ2v) is 5.33. The maximum Gasteiger partial charge on any atom is 0.307 e. The molecule has 2 rings (SSSR count). The molecule has 0 radical (unpaired) electrons. The fourth-order valence-corrected chi connectivity index (χ4v) is 2.83. The van der Waals surface area contributed by atoms with Gasteiger partial charge in [0.05, 0.1) is 20.6 Å². The van der Waals surface area contributed by atoms with Crippen molar-refractivity contribution in [3.63, 3.8) is 0 Å². The highest BCUT2D eigenvalue weighted by atomic mass is 19.1. The van der Waals surface area contributed by atoms with E-state index < -0.39 is 0 Å². The molecule has 21 heavy (non-hydrogen) atoms. The molecule has 1 aromatic carbocycles. The van der Waals surface area contributed by atoms with Crippen molar-refractivity contribution >= 4 is 5.97 Å². The lowest BCUT2D eigenvalue weighted by atomic mass is 9.98. The second-order valence-electron chi connectivity index (χ2n) is 5.33. The number of likely N-dealkylation sites (tertiary alicyclic amines) is 1. The normalized spacial score (nSPS) is 19.3. The fourth-order valence-electron chi connectivity index (χ4n) is 2.83. The summed E-state index contributed by atoms with van der Waals surface area (Å²) < 4.78 is 24.0. The molecule has 1 atom stereocenters. The van der Waals surface area contributed by atoms with Crippen LogP contribution in [0, 0.1) is 5.82 Å². The largest absolute Gasteiger partial charge is 0.494 e. The number of hydrogen-bond acceptors (Lipinski definition) is 4. The van der Waals surface area contributed by atoms with E-state index in [1.807, 2.05) is 0 Å². The molecule has 1 fully saturated rings. The van der Waals surface area contributed by atoms with E-state index in [1.165, 1.54) is 14.2 Å². The average molecular weight is 295 g/mol. The number of halogens is 1. The molecule has 116 valence electrons.